The third kappa shape index (κ3) is 2.98. The zero-order valence-corrected chi connectivity index (χ0v) is 13.5. The van der Waals surface area contributed by atoms with Crippen molar-refractivity contribution in [3.63, 3.8) is 0 Å². The Kier molecular flexibility index (Phi) is 3.92. The fraction of sp³-hybridized carbons (Fsp3) is 0.111. The quantitative estimate of drug-likeness (QED) is 0.692. The smallest absolute Gasteiger partial charge is 0.258 e. The molecule has 0 bridgehead atoms. The standard InChI is InChI=1S/C18H15ClN2O2/c1-10-17(15-9-13(19)5-8-16(15)20-10)18(23)21-14-6-3-12(4-7-14)11(2)22/h3-9,20H,1-2H3,(H,21,23). The molecule has 0 spiro atoms. The number of Topliss-reactive ketones (excluding diaryl/α,β-unsaturated/α-hetero) is 1. The first-order valence-corrected chi connectivity index (χ1v) is 7.53. The number of ketones is 1. The predicted octanol–water partition coefficient (Wildman–Crippen LogP) is 4.58. The molecule has 2 N–H and O–H groups in total. The van der Waals surface area contributed by atoms with Crippen molar-refractivity contribution in [2.75, 3.05) is 5.32 Å². The highest BCUT2D eigenvalue weighted by molar-refractivity contribution is 6.31. The largest absolute Gasteiger partial charge is 0.358 e. The zero-order chi connectivity index (χ0) is 16.6. The molecule has 3 aromatic rings. The zero-order valence-electron chi connectivity index (χ0n) is 12.7. The third-order valence-corrected chi connectivity index (χ3v) is 3.96. The van der Waals surface area contributed by atoms with Crippen molar-refractivity contribution >= 4 is 39.9 Å². The first kappa shape index (κ1) is 15.3. The normalized spacial score (nSPS) is 10.7. The molecule has 0 aliphatic carbocycles. The Balaban J connectivity index is 1.93. The van der Waals surface area contributed by atoms with Crippen LogP contribution in [0.2, 0.25) is 5.02 Å². The highest BCUT2D eigenvalue weighted by Crippen LogP contribution is 2.26. The minimum absolute atomic E-state index is 0.00927. The maximum absolute atomic E-state index is 12.6. The number of H-pyrrole nitrogens is 1. The van der Waals surface area contributed by atoms with E-state index in [2.05, 4.69) is 10.3 Å². The molecule has 4 nitrogen and oxygen atoms in total. The van der Waals surface area contributed by atoms with E-state index in [9.17, 15) is 9.59 Å². The van der Waals surface area contributed by atoms with Gasteiger partial charge in [-0.1, -0.05) is 11.6 Å². The fourth-order valence-electron chi connectivity index (χ4n) is 2.57. The molecule has 2 aromatic carbocycles. The number of halogens is 1. The van der Waals surface area contributed by atoms with E-state index in [1.165, 1.54) is 6.92 Å². The van der Waals surface area contributed by atoms with Gasteiger partial charge in [-0.05, 0) is 56.3 Å². The van der Waals surface area contributed by atoms with Crippen LogP contribution in [0, 0.1) is 6.92 Å². The van der Waals surface area contributed by atoms with Crippen molar-refractivity contribution in [1.29, 1.82) is 0 Å². The number of benzene rings is 2. The number of hydrogen-bond donors (Lipinski definition) is 2. The number of aromatic nitrogens is 1. The van der Waals surface area contributed by atoms with Crippen LogP contribution in [-0.2, 0) is 0 Å². The van der Waals surface area contributed by atoms with Crippen LogP contribution in [0.3, 0.4) is 0 Å². The van der Waals surface area contributed by atoms with Crippen LogP contribution in [0.1, 0.15) is 33.3 Å². The fourth-order valence-corrected chi connectivity index (χ4v) is 2.75. The van der Waals surface area contributed by atoms with Crippen LogP contribution in [0.4, 0.5) is 5.69 Å². The average molecular weight is 327 g/mol. The molecule has 0 aliphatic heterocycles. The molecule has 0 radical (unpaired) electrons. The number of rotatable bonds is 3. The molecular weight excluding hydrogens is 312 g/mol. The number of anilines is 1. The number of nitrogens with one attached hydrogen (secondary N) is 2. The van der Waals surface area contributed by atoms with E-state index in [4.69, 9.17) is 11.6 Å². The summed E-state index contributed by atoms with van der Waals surface area (Å²) >= 11 is 6.03. The van der Waals surface area contributed by atoms with Crippen molar-refractivity contribution in [2.24, 2.45) is 0 Å². The Morgan fingerprint density at radius 1 is 1.09 bits per heavy atom. The summed E-state index contributed by atoms with van der Waals surface area (Å²) < 4.78 is 0. The van der Waals surface area contributed by atoms with Crippen molar-refractivity contribution in [1.82, 2.24) is 4.98 Å². The van der Waals surface area contributed by atoms with Crippen molar-refractivity contribution in [2.45, 2.75) is 13.8 Å². The van der Waals surface area contributed by atoms with Crippen molar-refractivity contribution < 1.29 is 9.59 Å². The van der Waals surface area contributed by atoms with Crippen LogP contribution in [0.15, 0.2) is 42.5 Å². The summed E-state index contributed by atoms with van der Waals surface area (Å²) in [6.45, 7) is 3.36. The van der Waals surface area contributed by atoms with Gasteiger partial charge in [0.2, 0.25) is 0 Å². The number of aromatic amines is 1. The van der Waals surface area contributed by atoms with E-state index >= 15 is 0 Å². The number of aryl methyl sites for hydroxylation is 1. The molecule has 0 saturated carbocycles. The van der Waals surface area contributed by atoms with Gasteiger partial charge < -0.3 is 10.3 Å². The minimum Gasteiger partial charge on any atom is -0.358 e. The lowest BCUT2D eigenvalue weighted by Gasteiger charge is -2.06. The third-order valence-electron chi connectivity index (χ3n) is 3.72. The molecule has 0 atom stereocenters. The summed E-state index contributed by atoms with van der Waals surface area (Å²) in [7, 11) is 0. The van der Waals surface area contributed by atoms with Crippen LogP contribution < -0.4 is 5.32 Å². The van der Waals surface area contributed by atoms with Crippen LogP contribution in [0.5, 0.6) is 0 Å². The second kappa shape index (κ2) is 5.89. The summed E-state index contributed by atoms with van der Waals surface area (Å²) in [5, 5.41) is 4.21. The van der Waals surface area contributed by atoms with Gasteiger partial charge in [-0.2, -0.15) is 0 Å². The Labute approximate surface area is 138 Å². The van der Waals surface area contributed by atoms with Crippen LogP contribution >= 0.6 is 11.6 Å². The van der Waals surface area contributed by atoms with Gasteiger partial charge in [0.25, 0.3) is 5.91 Å². The first-order valence-electron chi connectivity index (χ1n) is 7.16. The van der Waals surface area contributed by atoms with Gasteiger partial charge in [0.05, 0.1) is 5.56 Å². The molecule has 0 unspecified atom stereocenters. The Bertz CT molecular complexity index is 911. The van der Waals surface area contributed by atoms with Gasteiger partial charge in [0.15, 0.2) is 5.78 Å². The molecule has 0 aliphatic rings. The monoisotopic (exact) mass is 326 g/mol. The van der Waals surface area contributed by atoms with Gasteiger partial charge >= 0.3 is 0 Å². The maximum Gasteiger partial charge on any atom is 0.258 e. The van der Waals surface area contributed by atoms with Crippen molar-refractivity contribution in [3.05, 3.63) is 64.3 Å². The molecule has 5 heteroatoms. The number of amides is 1. The second-order valence-corrected chi connectivity index (χ2v) is 5.84. The Hall–Kier alpha value is -2.59. The molecule has 23 heavy (non-hydrogen) atoms. The van der Waals surface area contributed by atoms with E-state index in [-0.39, 0.29) is 11.7 Å². The predicted molar refractivity (Wildman–Crippen MR) is 92.4 cm³/mol. The summed E-state index contributed by atoms with van der Waals surface area (Å²) in [6.07, 6.45) is 0. The number of hydrogen-bond acceptors (Lipinski definition) is 2. The lowest BCUT2D eigenvalue weighted by Crippen LogP contribution is -2.12. The summed E-state index contributed by atoms with van der Waals surface area (Å²) in [4.78, 5) is 27.1. The number of carbonyl (C=O) groups excluding carboxylic acids is 2. The Morgan fingerprint density at radius 2 is 1.78 bits per heavy atom. The molecule has 0 saturated heterocycles. The van der Waals surface area contributed by atoms with Gasteiger partial charge in [-0.3, -0.25) is 9.59 Å². The lowest BCUT2D eigenvalue weighted by molar-refractivity contribution is 0.101. The van der Waals surface area contributed by atoms with E-state index in [0.717, 1.165) is 16.6 Å². The second-order valence-electron chi connectivity index (χ2n) is 5.40. The highest BCUT2D eigenvalue weighted by atomic mass is 35.5. The maximum atomic E-state index is 12.6. The molecular formula is C18H15ClN2O2. The summed E-state index contributed by atoms with van der Waals surface area (Å²) in [5.74, 6) is -0.225. The van der Waals surface area contributed by atoms with E-state index in [1.54, 1.807) is 36.4 Å². The molecule has 1 heterocycles. The van der Waals surface area contributed by atoms with E-state index < -0.39 is 0 Å². The van der Waals surface area contributed by atoms with Crippen molar-refractivity contribution in [3.8, 4) is 0 Å². The Morgan fingerprint density at radius 3 is 2.43 bits per heavy atom. The topological polar surface area (TPSA) is 62.0 Å². The SMILES string of the molecule is CC(=O)c1ccc(NC(=O)c2c(C)[nH]c3ccc(Cl)cc23)cc1. The lowest BCUT2D eigenvalue weighted by atomic mass is 10.1. The molecule has 1 amide bonds. The van der Waals surface area contributed by atoms with E-state index in [1.807, 2.05) is 13.0 Å². The molecule has 3 rings (SSSR count). The molecule has 0 fully saturated rings. The minimum atomic E-state index is -0.216. The molecule has 116 valence electrons. The van der Waals surface area contributed by atoms with Crippen LogP contribution in [-0.4, -0.2) is 16.7 Å². The first-order chi connectivity index (χ1) is 11.0. The number of carbonyl (C=O) groups is 2. The highest BCUT2D eigenvalue weighted by Gasteiger charge is 2.16. The summed E-state index contributed by atoms with van der Waals surface area (Å²) in [5.41, 5.74) is 3.45. The summed E-state index contributed by atoms with van der Waals surface area (Å²) in [6, 6.07) is 12.2. The van der Waals surface area contributed by atoms with Gasteiger partial charge in [0.1, 0.15) is 0 Å². The van der Waals surface area contributed by atoms with Crippen LogP contribution in [0.25, 0.3) is 10.9 Å². The molecule has 1 aromatic heterocycles. The van der Waals surface area contributed by atoms with Gasteiger partial charge in [0, 0.05) is 32.9 Å². The van der Waals surface area contributed by atoms with Gasteiger partial charge in [-0.15, -0.1) is 0 Å². The van der Waals surface area contributed by atoms with E-state index in [0.29, 0.717) is 21.8 Å². The van der Waals surface area contributed by atoms with Gasteiger partial charge in [-0.25, -0.2) is 0 Å². The number of fused-ring (bicyclic) bond motifs is 1. The average Bonchev–Trinajstić information content (AvgIpc) is 2.83.